The van der Waals surface area contributed by atoms with E-state index in [9.17, 15) is 9.50 Å². The van der Waals surface area contributed by atoms with Crippen molar-refractivity contribution in [3.05, 3.63) is 29.6 Å². The third-order valence-electron chi connectivity index (χ3n) is 2.80. The van der Waals surface area contributed by atoms with Gasteiger partial charge in [0.1, 0.15) is 11.6 Å². The first-order valence-corrected chi connectivity index (χ1v) is 6.29. The quantitative estimate of drug-likeness (QED) is 0.788. The number of aliphatic hydroxyl groups is 2. The molecule has 0 amide bonds. The van der Waals surface area contributed by atoms with E-state index in [1.165, 1.54) is 12.1 Å². The van der Waals surface area contributed by atoms with E-state index in [2.05, 4.69) is 0 Å². The van der Waals surface area contributed by atoms with Gasteiger partial charge in [-0.3, -0.25) is 0 Å². The third kappa shape index (κ3) is 4.27. The molecule has 0 saturated carbocycles. The lowest BCUT2D eigenvalue weighted by Gasteiger charge is -2.19. The van der Waals surface area contributed by atoms with Crippen LogP contribution in [-0.4, -0.2) is 29.5 Å². The summed E-state index contributed by atoms with van der Waals surface area (Å²) in [6.07, 6.45) is 0.467. The number of ether oxygens (including phenoxy) is 1. The molecule has 4 heteroatoms. The molecular formula is C14H21FO3. The zero-order valence-electron chi connectivity index (χ0n) is 10.9. The molecule has 1 rings (SSSR count). The second kappa shape index (κ2) is 7.34. The molecule has 0 aliphatic rings. The van der Waals surface area contributed by atoms with Crippen LogP contribution in [0.2, 0.25) is 0 Å². The summed E-state index contributed by atoms with van der Waals surface area (Å²) in [4.78, 5) is 0. The summed E-state index contributed by atoms with van der Waals surface area (Å²) in [5.74, 6) is 0.254. The SMILES string of the molecule is CCCOc1ccc(F)cc1C(C)CC(O)CO. The zero-order valence-corrected chi connectivity index (χ0v) is 10.9. The predicted molar refractivity (Wildman–Crippen MR) is 68.3 cm³/mol. The fraction of sp³-hybridized carbons (Fsp3) is 0.571. The van der Waals surface area contributed by atoms with Crippen molar-refractivity contribution in [3.8, 4) is 5.75 Å². The van der Waals surface area contributed by atoms with Crippen molar-refractivity contribution in [2.75, 3.05) is 13.2 Å². The molecule has 1 aromatic rings. The van der Waals surface area contributed by atoms with Crippen molar-refractivity contribution >= 4 is 0 Å². The average molecular weight is 256 g/mol. The van der Waals surface area contributed by atoms with Crippen LogP contribution in [0.3, 0.4) is 0 Å². The van der Waals surface area contributed by atoms with Gasteiger partial charge in [0.2, 0.25) is 0 Å². The Morgan fingerprint density at radius 3 is 2.72 bits per heavy atom. The Hall–Kier alpha value is -1.13. The molecule has 2 unspecified atom stereocenters. The Kier molecular flexibility index (Phi) is 6.09. The molecule has 0 spiro atoms. The van der Waals surface area contributed by atoms with Crippen LogP contribution in [0.1, 0.15) is 38.2 Å². The van der Waals surface area contributed by atoms with Crippen LogP contribution >= 0.6 is 0 Å². The maximum atomic E-state index is 13.3. The van der Waals surface area contributed by atoms with Gasteiger partial charge >= 0.3 is 0 Å². The van der Waals surface area contributed by atoms with E-state index >= 15 is 0 Å². The minimum absolute atomic E-state index is 0.0743. The van der Waals surface area contributed by atoms with Crippen molar-refractivity contribution in [2.24, 2.45) is 0 Å². The highest BCUT2D eigenvalue weighted by Gasteiger charge is 2.16. The summed E-state index contributed by atoms with van der Waals surface area (Å²) in [6.45, 7) is 4.17. The summed E-state index contributed by atoms with van der Waals surface area (Å²) in [6, 6.07) is 4.41. The fourth-order valence-electron chi connectivity index (χ4n) is 1.86. The Bertz CT molecular complexity index is 368. The Balaban J connectivity index is 2.86. The summed E-state index contributed by atoms with van der Waals surface area (Å²) in [7, 11) is 0. The molecule has 3 nitrogen and oxygen atoms in total. The van der Waals surface area contributed by atoms with Gasteiger partial charge in [0, 0.05) is 0 Å². The molecule has 0 saturated heterocycles. The maximum Gasteiger partial charge on any atom is 0.123 e. The Morgan fingerprint density at radius 1 is 1.39 bits per heavy atom. The van der Waals surface area contributed by atoms with Gasteiger partial charge < -0.3 is 14.9 Å². The first-order valence-electron chi connectivity index (χ1n) is 6.29. The summed E-state index contributed by atoms with van der Waals surface area (Å²) < 4.78 is 18.8. The second-order valence-electron chi connectivity index (χ2n) is 4.50. The molecule has 0 aliphatic heterocycles. The minimum Gasteiger partial charge on any atom is -0.493 e. The van der Waals surface area contributed by atoms with Crippen LogP contribution < -0.4 is 4.74 Å². The van der Waals surface area contributed by atoms with E-state index < -0.39 is 6.10 Å². The molecule has 0 radical (unpaired) electrons. The van der Waals surface area contributed by atoms with Gasteiger partial charge in [-0.15, -0.1) is 0 Å². The van der Waals surface area contributed by atoms with Crippen molar-refractivity contribution in [1.82, 2.24) is 0 Å². The first-order chi connectivity index (χ1) is 8.58. The number of hydrogen-bond acceptors (Lipinski definition) is 3. The van der Waals surface area contributed by atoms with Crippen LogP contribution in [0.25, 0.3) is 0 Å². The molecule has 0 bridgehead atoms. The van der Waals surface area contributed by atoms with Crippen molar-refractivity contribution in [3.63, 3.8) is 0 Å². The highest BCUT2D eigenvalue weighted by atomic mass is 19.1. The molecule has 18 heavy (non-hydrogen) atoms. The Labute approximate surface area is 107 Å². The lowest BCUT2D eigenvalue weighted by molar-refractivity contribution is 0.0832. The molecule has 0 heterocycles. The topological polar surface area (TPSA) is 49.7 Å². The Morgan fingerprint density at radius 2 is 2.11 bits per heavy atom. The van der Waals surface area contributed by atoms with E-state index in [0.29, 0.717) is 18.8 Å². The number of hydrogen-bond donors (Lipinski definition) is 2. The molecule has 0 aromatic heterocycles. The lowest BCUT2D eigenvalue weighted by Crippen LogP contribution is -2.15. The van der Waals surface area contributed by atoms with Crippen molar-refractivity contribution in [2.45, 2.75) is 38.7 Å². The molecule has 0 aliphatic carbocycles. The summed E-state index contributed by atoms with van der Waals surface area (Å²) >= 11 is 0. The minimum atomic E-state index is -0.790. The van der Waals surface area contributed by atoms with Crippen LogP contribution in [0.4, 0.5) is 4.39 Å². The highest BCUT2D eigenvalue weighted by Crippen LogP contribution is 2.30. The smallest absolute Gasteiger partial charge is 0.123 e. The standard InChI is InChI=1S/C14H21FO3/c1-3-6-18-14-5-4-11(15)8-13(14)10(2)7-12(17)9-16/h4-5,8,10,12,16-17H,3,6-7,9H2,1-2H3. The first kappa shape index (κ1) is 14.9. The molecular weight excluding hydrogens is 235 g/mol. The van der Waals surface area contributed by atoms with Gasteiger partial charge in [0.25, 0.3) is 0 Å². The van der Waals surface area contributed by atoms with Gasteiger partial charge in [0.15, 0.2) is 0 Å². The van der Waals surface area contributed by atoms with Gasteiger partial charge in [0.05, 0.1) is 19.3 Å². The van der Waals surface area contributed by atoms with Crippen LogP contribution in [0, 0.1) is 5.82 Å². The number of halogens is 1. The molecule has 1 aromatic carbocycles. The van der Waals surface area contributed by atoms with Crippen LogP contribution in [-0.2, 0) is 0 Å². The van der Waals surface area contributed by atoms with E-state index in [1.807, 2.05) is 13.8 Å². The van der Waals surface area contributed by atoms with Crippen LogP contribution in [0.5, 0.6) is 5.75 Å². The fourth-order valence-corrected chi connectivity index (χ4v) is 1.86. The van der Waals surface area contributed by atoms with E-state index in [1.54, 1.807) is 6.07 Å². The van der Waals surface area contributed by atoms with Gasteiger partial charge in [-0.1, -0.05) is 13.8 Å². The molecule has 102 valence electrons. The maximum absolute atomic E-state index is 13.3. The lowest BCUT2D eigenvalue weighted by atomic mass is 9.94. The van der Waals surface area contributed by atoms with Crippen LogP contribution in [0.15, 0.2) is 18.2 Å². The normalized spacial score (nSPS) is 14.3. The number of rotatable bonds is 7. The third-order valence-corrected chi connectivity index (χ3v) is 2.80. The second-order valence-corrected chi connectivity index (χ2v) is 4.50. The zero-order chi connectivity index (χ0) is 13.5. The summed E-state index contributed by atoms with van der Waals surface area (Å²) in [5, 5.41) is 18.3. The van der Waals surface area contributed by atoms with Gasteiger partial charge in [-0.25, -0.2) is 4.39 Å². The average Bonchev–Trinajstić information content (AvgIpc) is 2.36. The monoisotopic (exact) mass is 256 g/mol. The largest absolute Gasteiger partial charge is 0.493 e. The van der Waals surface area contributed by atoms with E-state index in [0.717, 1.165) is 12.0 Å². The van der Waals surface area contributed by atoms with Crippen molar-refractivity contribution < 1.29 is 19.3 Å². The highest BCUT2D eigenvalue weighted by molar-refractivity contribution is 5.36. The predicted octanol–water partition coefficient (Wildman–Crippen LogP) is 2.46. The molecule has 2 N–H and O–H groups in total. The van der Waals surface area contributed by atoms with E-state index in [4.69, 9.17) is 9.84 Å². The van der Waals surface area contributed by atoms with Gasteiger partial charge in [-0.2, -0.15) is 0 Å². The summed E-state index contributed by atoms with van der Waals surface area (Å²) in [5.41, 5.74) is 0.732. The van der Waals surface area contributed by atoms with E-state index in [-0.39, 0.29) is 18.3 Å². The molecule has 2 atom stereocenters. The number of aliphatic hydroxyl groups excluding tert-OH is 2. The van der Waals surface area contributed by atoms with Crippen molar-refractivity contribution in [1.29, 1.82) is 0 Å². The number of benzene rings is 1. The molecule has 0 fully saturated rings. The van der Waals surface area contributed by atoms with Gasteiger partial charge in [-0.05, 0) is 42.5 Å².